The van der Waals surface area contributed by atoms with Crippen LogP contribution >= 0.6 is 0 Å². The third kappa shape index (κ3) is 4.00. The number of nitrogens with two attached hydrogens (primary N) is 1. The maximum Gasteiger partial charge on any atom is 0.367 e. The number of esters is 1. The number of ether oxygens (including phenoxy) is 2. The van der Waals surface area contributed by atoms with Gasteiger partial charge in [0.2, 0.25) is 6.04 Å². The fraction of sp³-hybridized carbons (Fsp3) is 0.417. The molecule has 0 radical (unpaired) electrons. The van der Waals surface area contributed by atoms with Gasteiger partial charge in [0, 0.05) is 12.7 Å². The highest BCUT2D eigenvalue weighted by molar-refractivity contribution is 5.74. The maximum absolute atomic E-state index is 11.4. The molecule has 2 N–H and O–H groups in total. The van der Waals surface area contributed by atoms with Crippen LogP contribution in [-0.4, -0.2) is 32.8 Å². The SMILES string of the molecule is COCC([NH2+]Cc1ccccc1)C(=O)OC. The lowest BCUT2D eigenvalue weighted by Crippen LogP contribution is -2.91. The molecule has 0 spiro atoms. The first-order valence-electron chi connectivity index (χ1n) is 5.22. The average molecular weight is 224 g/mol. The molecule has 0 heterocycles. The zero-order valence-corrected chi connectivity index (χ0v) is 9.68. The van der Waals surface area contributed by atoms with E-state index >= 15 is 0 Å². The van der Waals surface area contributed by atoms with E-state index in [1.165, 1.54) is 12.7 Å². The molecule has 1 unspecified atom stereocenters. The fourth-order valence-corrected chi connectivity index (χ4v) is 1.46. The third-order valence-corrected chi connectivity index (χ3v) is 2.33. The van der Waals surface area contributed by atoms with Gasteiger partial charge in [-0.1, -0.05) is 30.3 Å². The van der Waals surface area contributed by atoms with Gasteiger partial charge >= 0.3 is 5.97 Å². The summed E-state index contributed by atoms with van der Waals surface area (Å²) in [6, 6.07) is 9.68. The minimum atomic E-state index is -0.296. The van der Waals surface area contributed by atoms with E-state index in [9.17, 15) is 4.79 Å². The lowest BCUT2D eigenvalue weighted by molar-refractivity contribution is -0.695. The molecule has 0 saturated heterocycles. The Balaban J connectivity index is 2.47. The largest absolute Gasteiger partial charge is 0.465 e. The molecule has 0 aliphatic carbocycles. The van der Waals surface area contributed by atoms with Gasteiger partial charge in [-0.05, 0) is 0 Å². The molecule has 0 amide bonds. The van der Waals surface area contributed by atoms with Crippen molar-refractivity contribution in [3.8, 4) is 0 Å². The summed E-state index contributed by atoms with van der Waals surface area (Å²) in [6.45, 7) is 1.10. The predicted molar refractivity (Wildman–Crippen MR) is 59.8 cm³/mol. The molecule has 4 heteroatoms. The number of hydrogen-bond acceptors (Lipinski definition) is 3. The van der Waals surface area contributed by atoms with E-state index in [4.69, 9.17) is 9.47 Å². The molecular weight excluding hydrogens is 206 g/mol. The summed E-state index contributed by atoms with van der Waals surface area (Å²) in [4.78, 5) is 11.4. The van der Waals surface area contributed by atoms with Gasteiger partial charge in [-0.25, -0.2) is 4.79 Å². The number of quaternary nitrogens is 1. The van der Waals surface area contributed by atoms with Crippen molar-refractivity contribution in [2.45, 2.75) is 12.6 Å². The van der Waals surface area contributed by atoms with E-state index in [1.54, 1.807) is 7.11 Å². The zero-order chi connectivity index (χ0) is 11.8. The Morgan fingerprint density at radius 3 is 2.56 bits per heavy atom. The number of carbonyl (C=O) groups is 1. The Morgan fingerprint density at radius 1 is 1.31 bits per heavy atom. The zero-order valence-electron chi connectivity index (χ0n) is 9.68. The van der Waals surface area contributed by atoms with Crippen molar-refractivity contribution in [3.63, 3.8) is 0 Å². The van der Waals surface area contributed by atoms with Crippen LogP contribution in [0.2, 0.25) is 0 Å². The van der Waals surface area contributed by atoms with Crippen molar-refractivity contribution >= 4 is 5.97 Å². The first-order valence-corrected chi connectivity index (χ1v) is 5.22. The van der Waals surface area contributed by atoms with Gasteiger partial charge in [-0.3, -0.25) is 0 Å². The Labute approximate surface area is 95.6 Å². The number of rotatable bonds is 6. The summed E-state index contributed by atoms with van der Waals surface area (Å²) in [5.41, 5.74) is 1.17. The molecule has 1 rings (SSSR count). The quantitative estimate of drug-likeness (QED) is 0.689. The fourth-order valence-electron chi connectivity index (χ4n) is 1.46. The second kappa shape index (κ2) is 6.98. The molecule has 0 bridgehead atoms. The van der Waals surface area contributed by atoms with Crippen molar-refractivity contribution in [3.05, 3.63) is 35.9 Å². The van der Waals surface area contributed by atoms with Crippen molar-refractivity contribution in [2.24, 2.45) is 0 Å². The Bertz CT molecular complexity index is 313. The van der Waals surface area contributed by atoms with Crippen LogP contribution in [-0.2, 0) is 20.8 Å². The summed E-state index contributed by atoms with van der Waals surface area (Å²) >= 11 is 0. The van der Waals surface area contributed by atoms with Gasteiger partial charge in [0.05, 0.1) is 7.11 Å². The highest BCUT2D eigenvalue weighted by atomic mass is 16.5. The van der Waals surface area contributed by atoms with E-state index in [2.05, 4.69) is 0 Å². The first kappa shape index (κ1) is 12.7. The van der Waals surface area contributed by atoms with Crippen LogP contribution in [0, 0.1) is 0 Å². The van der Waals surface area contributed by atoms with Gasteiger partial charge in [0.25, 0.3) is 0 Å². The maximum atomic E-state index is 11.4. The molecule has 1 aromatic rings. The third-order valence-electron chi connectivity index (χ3n) is 2.33. The number of benzene rings is 1. The average Bonchev–Trinajstić information content (AvgIpc) is 2.34. The first-order chi connectivity index (χ1) is 7.77. The molecule has 1 aromatic carbocycles. The minimum Gasteiger partial charge on any atom is -0.465 e. The normalized spacial score (nSPS) is 12.1. The van der Waals surface area contributed by atoms with Crippen LogP contribution in [0.4, 0.5) is 0 Å². The molecule has 0 aromatic heterocycles. The van der Waals surface area contributed by atoms with Crippen LogP contribution in [0.3, 0.4) is 0 Å². The molecule has 16 heavy (non-hydrogen) atoms. The Kier molecular flexibility index (Phi) is 5.53. The van der Waals surface area contributed by atoms with E-state index in [1.807, 2.05) is 35.6 Å². The standard InChI is InChI=1S/C12H17NO3/c1-15-9-11(12(14)16-2)13-8-10-6-4-3-5-7-10/h3-7,11,13H,8-9H2,1-2H3/p+1. The van der Waals surface area contributed by atoms with Crippen molar-refractivity contribution in [2.75, 3.05) is 20.8 Å². The number of carbonyl (C=O) groups excluding carboxylic acids is 1. The van der Waals surface area contributed by atoms with Crippen LogP contribution in [0.5, 0.6) is 0 Å². The molecule has 0 aliphatic rings. The van der Waals surface area contributed by atoms with Crippen molar-refractivity contribution in [1.82, 2.24) is 0 Å². The summed E-state index contributed by atoms with van der Waals surface area (Å²) in [7, 11) is 2.97. The van der Waals surface area contributed by atoms with Gasteiger partial charge < -0.3 is 14.8 Å². The lowest BCUT2D eigenvalue weighted by atomic mass is 10.2. The summed E-state index contributed by atoms with van der Waals surface area (Å²) < 4.78 is 9.69. The van der Waals surface area contributed by atoms with E-state index in [0.717, 1.165) is 6.54 Å². The van der Waals surface area contributed by atoms with Gasteiger partial charge in [0.1, 0.15) is 13.2 Å². The van der Waals surface area contributed by atoms with Gasteiger partial charge in [-0.2, -0.15) is 0 Å². The highest BCUT2D eigenvalue weighted by Crippen LogP contribution is 1.95. The molecule has 4 nitrogen and oxygen atoms in total. The van der Waals surface area contributed by atoms with E-state index < -0.39 is 0 Å². The van der Waals surface area contributed by atoms with Gasteiger partial charge in [-0.15, -0.1) is 0 Å². The van der Waals surface area contributed by atoms with Crippen LogP contribution in [0.25, 0.3) is 0 Å². The number of hydrogen-bond donors (Lipinski definition) is 1. The summed E-state index contributed by atoms with van der Waals surface area (Å²) in [5, 5.41) is 1.92. The van der Waals surface area contributed by atoms with E-state index in [-0.39, 0.29) is 12.0 Å². The summed E-state index contributed by atoms with van der Waals surface area (Å²) in [5.74, 6) is -0.252. The second-order valence-corrected chi connectivity index (χ2v) is 3.51. The van der Waals surface area contributed by atoms with Crippen LogP contribution in [0.15, 0.2) is 30.3 Å². The topological polar surface area (TPSA) is 52.1 Å². The van der Waals surface area contributed by atoms with Crippen LogP contribution < -0.4 is 5.32 Å². The smallest absolute Gasteiger partial charge is 0.367 e. The highest BCUT2D eigenvalue weighted by Gasteiger charge is 2.22. The summed E-state index contributed by atoms with van der Waals surface area (Å²) in [6.07, 6.45) is 0. The van der Waals surface area contributed by atoms with Crippen LogP contribution in [0.1, 0.15) is 5.56 Å². The molecule has 0 fully saturated rings. The molecule has 88 valence electrons. The monoisotopic (exact) mass is 224 g/mol. The van der Waals surface area contributed by atoms with Crippen molar-refractivity contribution < 1.29 is 19.6 Å². The minimum absolute atomic E-state index is 0.252. The van der Waals surface area contributed by atoms with Gasteiger partial charge in [0.15, 0.2) is 0 Å². The molecule has 1 atom stereocenters. The predicted octanol–water partition coefficient (Wildman–Crippen LogP) is -0.0620. The molecule has 0 saturated carbocycles. The second-order valence-electron chi connectivity index (χ2n) is 3.51. The number of methoxy groups -OCH3 is 2. The Morgan fingerprint density at radius 2 is 2.00 bits per heavy atom. The lowest BCUT2D eigenvalue weighted by Gasteiger charge is -2.12. The Hall–Kier alpha value is -1.39. The molecule has 0 aliphatic heterocycles. The van der Waals surface area contributed by atoms with Crippen molar-refractivity contribution in [1.29, 1.82) is 0 Å². The molecular formula is C12H18NO3+. The van der Waals surface area contributed by atoms with E-state index in [0.29, 0.717) is 6.61 Å².